The van der Waals surface area contributed by atoms with E-state index in [1.54, 1.807) is 74.8 Å². The van der Waals surface area contributed by atoms with E-state index in [0.29, 0.717) is 45.4 Å². The molecular formula is C68H69ClF2N2O16S4. The molecule has 0 saturated heterocycles. The molecule has 0 unspecified atom stereocenters. The van der Waals surface area contributed by atoms with Crippen molar-refractivity contribution in [1.82, 2.24) is 9.97 Å². The van der Waals surface area contributed by atoms with Crippen LogP contribution in [-0.4, -0.2) is 117 Å². The normalized spacial score (nSPS) is 16.4. The largest absolute Gasteiger partial charge is 0.484 e. The van der Waals surface area contributed by atoms with E-state index in [4.69, 9.17) is 35.3 Å². The van der Waals surface area contributed by atoms with Crippen molar-refractivity contribution in [2.75, 3.05) is 31.6 Å². The highest BCUT2D eigenvalue weighted by molar-refractivity contribution is 7.91. The molecule has 7 aromatic rings. The lowest BCUT2D eigenvalue weighted by Gasteiger charge is -2.25. The molecule has 25 heteroatoms. The van der Waals surface area contributed by atoms with Gasteiger partial charge < -0.3 is 23.7 Å². The average Bonchev–Trinajstić information content (AvgIpc) is 1.65. The first kappa shape index (κ1) is 72.0. The molecule has 2 aromatic heterocycles. The van der Waals surface area contributed by atoms with Crippen LogP contribution in [0.25, 0.3) is 44.7 Å². The summed E-state index contributed by atoms with van der Waals surface area (Å²) in [5, 5.41) is 0.515. The van der Waals surface area contributed by atoms with Gasteiger partial charge in [0.15, 0.2) is 39.3 Å². The molecule has 93 heavy (non-hydrogen) atoms. The fraction of sp³-hybridized carbons (Fsp3) is 0.279. The Morgan fingerprint density at radius 1 is 0.516 bits per heavy atom. The summed E-state index contributed by atoms with van der Waals surface area (Å²) < 4.78 is 147. The van der Waals surface area contributed by atoms with Crippen LogP contribution >= 0.6 is 11.6 Å². The van der Waals surface area contributed by atoms with E-state index < -0.39 is 80.1 Å². The molecule has 0 N–H and O–H groups in total. The third kappa shape index (κ3) is 17.8. The molecule has 0 aliphatic carbocycles. The molecule has 5 aromatic carbocycles. The van der Waals surface area contributed by atoms with Crippen LogP contribution in [0.1, 0.15) is 89.8 Å². The van der Waals surface area contributed by atoms with Gasteiger partial charge in [0.1, 0.15) is 29.4 Å². The number of esters is 3. The van der Waals surface area contributed by atoms with E-state index in [2.05, 4.69) is 9.97 Å². The minimum atomic E-state index is -3.34. The lowest BCUT2D eigenvalue weighted by molar-refractivity contribution is -0.149. The van der Waals surface area contributed by atoms with Crippen molar-refractivity contribution in [3.8, 4) is 22.4 Å². The van der Waals surface area contributed by atoms with Crippen LogP contribution < -0.4 is 0 Å². The lowest BCUT2D eigenvalue weighted by atomic mass is 9.88. The van der Waals surface area contributed by atoms with Gasteiger partial charge in [-0.25, -0.2) is 56.8 Å². The summed E-state index contributed by atoms with van der Waals surface area (Å²) in [7, 11) is -13.1. The van der Waals surface area contributed by atoms with Crippen molar-refractivity contribution in [1.29, 1.82) is 0 Å². The number of ether oxygens (including phenoxy) is 5. The Balaban J connectivity index is 0.000000176. The van der Waals surface area contributed by atoms with Crippen LogP contribution in [0.4, 0.5) is 8.78 Å². The van der Waals surface area contributed by atoms with Crippen LogP contribution in [-0.2, 0) is 77.4 Å². The molecule has 5 heterocycles. The van der Waals surface area contributed by atoms with Crippen molar-refractivity contribution in [2.45, 2.75) is 112 Å². The number of aromatic nitrogens is 2. The second kappa shape index (κ2) is 28.4. The molecule has 10 rings (SSSR count). The second-order valence-corrected chi connectivity index (χ2v) is 31.6. The molecule has 3 aliphatic rings. The highest BCUT2D eigenvalue weighted by atomic mass is 35.5. The molecule has 0 spiro atoms. The number of aryl methyl sites for hydroxylation is 1. The zero-order valence-electron chi connectivity index (χ0n) is 53.1. The summed E-state index contributed by atoms with van der Waals surface area (Å²) in [5.41, 5.74) is 6.48. The van der Waals surface area contributed by atoms with E-state index in [9.17, 15) is 56.8 Å². The molecule has 0 saturated carbocycles. The fourth-order valence-corrected chi connectivity index (χ4v) is 12.5. The maximum atomic E-state index is 13.4. The first-order chi connectivity index (χ1) is 43.2. The van der Waals surface area contributed by atoms with Gasteiger partial charge in [0.25, 0.3) is 0 Å². The van der Waals surface area contributed by atoms with Crippen molar-refractivity contribution in [2.24, 2.45) is 0 Å². The van der Waals surface area contributed by atoms with Gasteiger partial charge in [-0.05, 0) is 168 Å². The number of hydrogen-bond donors (Lipinski definition) is 0. The smallest absolute Gasteiger partial charge is 0.374 e. The maximum absolute atomic E-state index is 13.4. The van der Waals surface area contributed by atoms with E-state index in [1.165, 1.54) is 54.8 Å². The Morgan fingerprint density at radius 3 is 1.34 bits per heavy atom. The molecular weight excluding hydrogens is 1300 g/mol. The average molecular weight is 1370 g/mol. The monoisotopic (exact) mass is 1370 g/mol. The zero-order valence-corrected chi connectivity index (χ0v) is 57.1. The lowest BCUT2D eigenvalue weighted by Crippen LogP contribution is -2.26. The molecule has 18 nitrogen and oxygen atoms in total. The first-order valence-electron chi connectivity index (χ1n) is 28.7. The van der Waals surface area contributed by atoms with E-state index >= 15 is 0 Å². The summed E-state index contributed by atoms with van der Waals surface area (Å²) in [6.45, 7) is 16.5. The number of rotatable bonds is 15. The van der Waals surface area contributed by atoms with Crippen molar-refractivity contribution >= 4 is 91.2 Å². The third-order valence-corrected chi connectivity index (χ3v) is 19.1. The first-order valence-corrected chi connectivity index (χ1v) is 36.6. The molecule has 0 amide bonds. The third-order valence-electron chi connectivity index (χ3n) is 14.4. The van der Waals surface area contributed by atoms with E-state index in [1.807, 2.05) is 66.7 Å². The van der Waals surface area contributed by atoms with Crippen LogP contribution in [0.15, 0.2) is 177 Å². The quantitative estimate of drug-likeness (QED) is 0.0682. The second-order valence-electron chi connectivity index (χ2n) is 23.1. The summed E-state index contributed by atoms with van der Waals surface area (Å²) in [4.78, 5) is 45.8. The summed E-state index contributed by atoms with van der Waals surface area (Å²) in [6, 6.07) is 33.9. The Labute approximate surface area is 546 Å². The highest BCUT2D eigenvalue weighted by Crippen LogP contribution is 2.44. The van der Waals surface area contributed by atoms with E-state index in [0.717, 1.165) is 64.5 Å². The molecule has 0 radical (unpaired) electrons. The summed E-state index contributed by atoms with van der Waals surface area (Å²) in [6.07, 6.45) is 8.20. The van der Waals surface area contributed by atoms with Gasteiger partial charge in [-0.15, -0.1) is 0 Å². The van der Waals surface area contributed by atoms with Gasteiger partial charge in [0.05, 0.1) is 59.2 Å². The molecule has 492 valence electrons. The number of benzene rings is 5. The molecule has 1 atom stereocenters. The number of nitrogens with zero attached hydrogens (tertiary/aromatic N) is 2. The zero-order chi connectivity index (χ0) is 68.9. The van der Waals surface area contributed by atoms with Gasteiger partial charge in [-0.2, -0.15) is 0 Å². The predicted octanol–water partition coefficient (Wildman–Crippen LogP) is 12.5. The van der Waals surface area contributed by atoms with E-state index in [-0.39, 0.29) is 61.1 Å². The SMILES string of the molecule is CC(C)OC1=C(c2ccc(S(C)(=O)=O)cc2)C(C)(C)OC1=O.CC[C@]1(C)OC(=O)C(OC(C)C)=C1c1ccc(S(C)(=O)=O)cc1.CS(=O)(=O)c1ccc(C2=C(c3cc(F)cc(F)c3)C(=O)OC2)cc1.Cc1ccc(-c2ncc(Cl)cc2-c2ccc(S(C)(=O)=O)cc2)cn1. The van der Waals surface area contributed by atoms with Gasteiger partial charge in [-0.3, -0.25) is 9.97 Å². The summed E-state index contributed by atoms with van der Waals surface area (Å²) in [5.74, 6) is -2.87. The Morgan fingerprint density at radius 2 is 0.925 bits per heavy atom. The molecule has 3 aliphatic heterocycles. The minimum Gasteiger partial charge on any atom is -0.484 e. The van der Waals surface area contributed by atoms with Crippen LogP contribution in [0, 0.1) is 18.6 Å². The van der Waals surface area contributed by atoms with Gasteiger partial charge >= 0.3 is 17.9 Å². The number of pyridine rings is 2. The standard InChI is InChI=1S/C18H15ClN2O2S.C17H12F2O4S.C17H22O5S.C16H20O5S/c1-12-3-4-14(10-20-12)18-17(9-15(19)11-21-18)13-5-7-16(8-6-13)24(2,22)23;1-24(21,22)14-4-2-10(3-5-14)15-9-23-17(20)16(15)11-6-12(18)8-13(19)7-11;1-6-17(4)14(15(16(18)22-17)21-11(2)3)12-7-9-13(10-8-12)23(5,19)20;1-10(2)20-14-13(16(3,4)21-15(14)17)11-6-8-12(9-7-11)22(5,18)19/h3-11H,1-2H3;2-8H,9H2,1H3;7-11H,6H2,1-5H3;6-10H,1-5H3/t;;17-;/m..0./s1. The van der Waals surface area contributed by atoms with Gasteiger partial charge in [-0.1, -0.05) is 67.1 Å². The maximum Gasteiger partial charge on any atom is 0.374 e. The van der Waals surface area contributed by atoms with Crippen LogP contribution in [0.5, 0.6) is 0 Å². The highest BCUT2D eigenvalue weighted by Gasteiger charge is 2.46. The summed E-state index contributed by atoms with van der Waals surface area (Å²) >= 11 is 6.11. The molecule has 0 bridgehead atoms. The van der Waals surface area contributed by atoms with Gasteiger partial charge in [0.2, 0.25) is 11.5 Å². The van der Waals surface area contributed by atoms with Gasteiger partial charge in [0, 0.05) is 65.9 Å². The van der Waals surface area contributed by atoms with Crippen molar-refractivity contribution < 1.29 is 80.5 Å². The van der Waals surface area contributed by atoms with Crippen molar-refractivity contribution in [3.63, 3.8) is 0 Å². The Kier molecular flexibility index (Phi) is 22.0. The fourth-order valence-electron chi connectivity index (χ4n) is 9.84. The topological polar surface area (TPSA) is 260 Å². The number of cyclic esters (lactones) is 3. The predicted molar refractivity (Wildman–Crippen MR) is 350 cm³/mol. The Bertz CT molecular complexity index is 4570. The molecule has 0 fully saturated rings. The number of halogens is 3. The van der Waals surface area contributed by atoms with Crippen LogP contribution in [0.2, 0.25) is 5.02 Å². The number of sulfone groups is 4. The van der Waals surface area contributed by atoms with Crippen LogP contribution in [0.3, 0.4) is 0 Å². The minimum absolute atomic E-state index is 0.0511. The number of carbonyl (C=O) groups excluding carboxylic acids is 3. The Hall–Kier alpha value is -8.42. The van der Waals surface area contributed by atoms with Crippen molar-refractivity contribution in [3.05, 3.63) is 202 Å². The number of carbonyl (C=O) groups is 3. The number of hydrogen-bond acceptors (Lipinski definition) is 18.